The van der Waals surface area contributed by atoms with E-state index in [2.05, 4.69) is 45.2 Å². The summed E-state index contributed by atoms with van der Waals surface area (Å²) in [6, 6.07) is 19.8. The summed E-state index contributed by atoms with van der Waals surface area (Å²) >= 11 is 1.94. The van der Waals surface area contributed by atoms with Gasteiger partial charge in [-0.25, -0.2) is 0 Å². The number of hydrogen-bond donors (Lipinski definition) is 3. The van der Waals surface area contributed by atoms with Crippen molar-refractivity contribution in [2.75, 3.05) is 26.7 Å². The number of carbonyl (C=O) groups is 1. The van der Waals surface area contributed by atoms with Gasteiger partial charge in [0, 0.05) is 41.9 Å². The molecule has 1 aliphatic rings. The molecule has 5 nitrogen and oxygen atoms in total. The molecular formula is C21H27IN4OS. The highest BCUT2D eigenvalue weighted by atomic mass is 127. The van der Waals surface area contributed by atoms with Gasteiger partial charge in [0.15, 0.2) is 5.96 Å². The van der Waals surface area contributed by atoms with Gasteiger partial charge in [-0.2, -0.15) is 0 Å². The van der Waals surface area contributed by atoms with E-state index in [0.29, 0.717) is 18.7 Å². The molecule has 1 fully saturated rings. The van der Waals surface area contributed by atoms with E-state index < -0.39 is 0 Å². The number of guanidine groups is 1. The van der Waals surface area contributed by atoms with Gasteiger partial charge in [0.1, 0.15) is 0 Å². The van der Waals surface area contributed by atoms with Crippen LogP contribution in [-0.2, 0) is 0 Å². The molecule has 0 aromatic heterocycles. The summed E-state index contributed by atoms with van der Waals surface area (Å²) in [5.74, 6) is 0.709. The Kier molecular flexibility index (Phi) is 9.11. The molecule has 0 saturated heterocycles. The molecule has 1 aliphatic carbocycles. The maximum Gasteiger partial charge on any atom is 0.251 e. The topological polar surface area (TPSA) is 65.5 Å². The van der Waals surface area contributed by atoms with Crippen LogP contribution in [0.15, 0.2) is 70.6 Å². The van der Waals surface area contributed by atoms with Crippen LogP contribution in [0.2, 0.25) is 0 Å². The van der Waals surface area contributed by atoms with Crippen LogP contribution in [0.3, 0.4) is 0 Å². The Balaban J connectivity index is 0.00000280. The summed E-state index contributed by atoms with van der Waals surface area (Å²) in [5, 5.41) is 9.58. The van der Waals surface area contributed by atoms with Crippen molar-refractivity contribution in [3.05, 3.63) is 66.2 Å². The van der Waals surface area contributed by atoms with Crippen LogP contribution in [0, 0.1) is 0 Å². The predicted octanol–water partition coefficient (Wildman–Crippen LogP) is 3.52. The number of benzene rings is 2. The van der Waals surface area contributed by atoms with E-state index >= 15 is 0 Å². The average Bonchev–Trinajstić information content (AvgIpc) is 3.48. The van der Waals surface area contributed by atoms with Gasteiger partial charge in [-0.1, -0.05) is 36.4 Å². The van der Waals surface area contributed by atoms with Crippen LogP contribution in [-0.4, -0.2) is 43.3 Å². The molecule has 3 N–H and O–H groups in total. The van der Waals surface area contributed by atoms with Crippen LogP contribution in [0.5, 0.6) is 0 Å². The van der Waals surface area contributed by atoms with E-state index in [1.54, 1.807) is 7.05 Å². The monoisotopic (exact) mass is 510 g/mol. The molecule has 2 aromatic rings. The van der Waals surface area contributed by atoms with Crippen molar-refractivity contribution in [1.82, 2.24) is 16.0 Å². The minimum absolute atomic E-state index is 0. The standard InChI is InChI=1S/C21H26N4OS.HI/c1-22-20(24-15-14-23-19(26)17-8-4-2-5-9-17)25-16-21(12-13-21)27-18-10-6-3-7-11-18;/h2-11H,12-16H2,1H3,(H,23,26)(H2,22,24,25);1H. The fourth-order valence-corrected chi connectivity index (χ4v) is 3.95. The summed E-state index contributed by atoms with van der Waals surface area (Å²) in [7, 11) is 1.77. The van der Waals surface area contributed by atoms with Crippen LogP contribution >= 0.6 is 35.7 Å². The third kappa shape index (κ3) is 7.01. The Morgan fingerprint density at radius 1 is 0.964 bits per heavy atom. The Morgan fingerprint density at radius 2 is 1.57 bits per heavy atom. The minimum atomic E-state index is -0.0588. The van der Waals surface area contributed by atoms with Crippen molar-refractivity contribution >= 4 is 47.6 Å². The SMILES string of the molecule is CN=C(NCCNC(=O)c1ccccc1)NCC1(Sc2ccccc2)CC1.I. The van der Waals surface area contributed by atoms with E-state index in [4.69, 9.17) is 0 Å². The molecule has 0 atom stereocenters. The van der Waals surface area contributed by atoms with Crippen LogP contribution in [0.25, 0.3) is 0 Å². The van der Waals surface area contributed by atoms with Gasteiger partial charge in [0.2, 0.25) is 0 Å². The van der Waals surface area contributed by atoms with Gasteiger partial charge < -0.3 is 16.0 Å². The summed E-state index contributed by atoms with van der Waals surface area (Å²) in [6.07, 6.45) is 2.42. The zero-order valence-electron chi connectivity index (χ0n) is 16.0. The van der Waals surface area contributed by atoms with Crippen molar-refractivity contribution in [1.29, 1.82) is 0 Å². The van der Waals surface area contributed by atoms with Gasteiger partial charge in [-0.15, -0.1) is 35.7 Å². The zero-order chi connectivity index (χ0) is 19.0. The highest BCUT2D eigenvalue weighted by Gasteiger charge is 2.43. The lowest BCUT2D eigenvalue weighted by Crippen LogP contribution is -2.44. The number of rotatable bonds is 8. The largest absolute Gasteiger partial charge is 0.355 e. The summed E-state index contributed by atoms with van der Waals surface area (Å²) in [5.41, 5.74) is 0.675. The first-order valence-electron chi connectivity index (χ1n) is 9.23. The molecule has 0 unspecified atom stereocenters. The third-order valence-electron chi connectivity index (χ3n) is 4.43. The van der Waals surface area contributed by atoms with Crippen molar-refractivity contribution in [3.63, 3.8) is 0 Å². The molecule has 0 bridgehead atoms. The fourth-order valence-electron chi connectivity index (χ4n) is 2.71. The second kappa shape index (κ2) is 11.3. The average molecular weight is 510 g/mol. The first-order valence-corrected chi connectivity index (χ1v) is 10.0. The van der Waals surface area contributed by atoms with E-state index in [1.165, 1.54) is 17.7 Å². The number of amides is 1. The second-order valence-corrected chi connectivity index (χ2v) is 8.11. The second-order valence-electron chi connectivity index (χ2n) is 6.57. The lowest BCUT2D eigenvalue weighted by molar-refractivity contribution is 0.0954. The molecule has 1 amide bonds. The van der Waals surface area contributed by atoms with E-state index in [0.717, 1.165) is 12.5 Å². The van der Waals surface area contributed by atoms with Crippen LogP contribution in [0.1, 0.15) is 23.2 Å². The lowest BCUT2D eigenvalue weighted by Gasteiger charge is -2.18. The first-order chi connectivity index (χ1) is 13.2. The summed E-state index contributed by atoms with van der Waals surface area (Å²) < 4.78 is 0.264. The van der Waals surface area contributed by atoms with Crippen LogP contribution < -0.4 is 16.0 Å². The number of nitrogens with one attached hydrogen (secondary N) is 3. The van der Waals surface area contributed by atoms with E-state index in [1.807, 2.05) is 48.2 Å². The van der Waals surface area contributed by atoms with Gasteiger partial charge in [-0.05, 0) is 37.1 Å². The maximum absolute atomic E-state index is 12.0. The summed E-state index contributed by atoms with van der Waals surface area (Å²) in [6.45, 7) is 2.04. The van der Waals surface area contributed by atoms with Gasteiger partial charge in [0.25, 0.3) is 5.91 Å². The van der Waals surface area contributed by atoms with E-state index in [-0.39, 0.29) is 34.6 Å². The van der Waals surface area contributed by atoms with Crippen molar-refractivity contribution in [2.24, 2.45) is 4.99 Å². The smallest absolute Gasteiger partial charge is 0.251 e. The molecule has 0 aliphatic heterocycles. The van der Waals surface area contributed by atoms with Crippen LogP contribution in [0.4, 0.5) is 0 Å². The number of halogens is 1. The Hall–Kier alpha value is -1.74. The Bertz CT molecular complexity index is 766. The number of aliphatic imine (C=N–C) groups is 1. The fraction of sp³-hybridized carbons (Fsp3) is 0.333. The van der Waals surface area contributed by atoms with Crippen molar-refractivity contribution < 1.29 is 4.79 Å². The normalized spacial score (nSPS) is 14.5. The molecule has 0 radical (unpaired) electrons. The van der Waals surface area contributed by atoms with Gasteiger partial charge in [-0.3, -0.25) is 9.79 Å². The quantitative estimate of drug-likeness (QED) is 0.220. The first kappa shape index (κ1) is 22.5. The molecule has 3 rings (SSSR count). The third-order valence-corrected chi connectivity index (χ3v) is 5.92. The van der Waals surface area contributed by atoms with Crippen molar-refractivity contribution in [2.45, 2.75) is 22.5 Å². The molecule has 2 aromatic carbocycles. The van der Waals surface area contributed by atoms with Crippen molar-refractivity contribution in [3.8, 4) is 0 Å². The predicted molar refractivity (Wildman–Crippen MR) is 128 cm³/mol. The summed E-state index contributed by atoms with van der Waals surface area (Å²) in [4.78, 5) is 17.6. The molecule has 1 saturated carbocycles. The number of carbonyl (C=O) groups excluding carboxylic acids is 1. The molecule has 0 heterocycles. The Morgan fingerprint density at radius 3 is 2.18 bits per heavy atom. The highest BCUT2D eigenvalue weighted by molar-refractivity contribution is 14.0. The maximum atomic E-state index is 12.0. The molecule has 0 spiro atoms. The molecule has 150 valence electrons. The highest BCUT2D eigenvalue weighted by Crippen LogP contribution is 2.51. The molecule has 7 heteroatoms. The zero-order valence-corrected chi connectivity index (χ0v) is 19.1. The van der Waals surface area contributed by atoms with E-state index in [9.17, 15) is 4.79 Å². The number of nitrogens with zero attached hydrogens (tertiary/aromatic N) is 1. The Labute approximate surface area is 188 Å². The minimum Gasteiger partial charge on any atom is -0.355 e. The lowest BCUT2D eigenvalue weighted by atomic mass is 10.2. The number of hydrogen-bond acceptors (Lipinski definition) is 3. The van der Waals surface area contributed by atoms with Gasteiger partial charge in [0.05, 0.1) is 0 Å². The molecule has 28 heavy (non-hydrogen) atoms. The number of thioether (sulfide) groups is 1. The molecular weight excluding hydrogens is 483 g/mol. The van der Waals surface area contributed by atoms with Gasteiger partial charge >= 0.3 is 0 Å².